The first-order chi connectivity index (χ1) is 10.5. The van der Waals surface area contributed by atoms with Crippen LogP contribution >= 0.6 is 24.0 Å². The van der Waals surface area contributed by atoms with Crippen molar-refractivity contribution in [2.24, 2.45) is 10.9 Å². The number of halogens is 1. The molecular weight excluding hydrogens is 409 g/mol. The van der Waals surface area contributed by atoms with Crippen LogP contribution in [0.5, 0.6) is 0 Å². The van der Waals surface area contributed by atoms with Gasteiger partial charge in [-0.1, -0.05) is 13.8 Å². The molecule has 0 aromatic heterocycles. The fourth-order valence-corrected chi connectivity index (χ4v) is 2.13. The molecule has 0 aliphatic carbocycles. The molecule has 1 rings (SSSR count). The van der Waals surface area contributed by atoms with Crippen molar-refractivity contribution in [1.29, 1.82) is 0 Å². The van der Waals surface area contributed by atoms with Crippen LogP contribution in [0.2, 0.25) is 0 Å². The molecule has 1 fully saturated rings. The van der Waals surface area contributed by atoms with E-state index in [4.69, 9.17) is 0 Å². The van der Waals surface area contributed by atoms with Crippen LogP contribution in [0.25, 0.3) is 0 Å². The van der Waals surface area contributed by atoms with Gasteiger partial charge in [0, 0.05) is 38.6 Å². The normalized spacial score (nSPS) is 14.4. The standard InChI is InChI=1S/C15H29N5O2.HI/c1-4-16-15(18-8-7-17-14(22)12(2)3)19-11-13(21)20-9-5-6-10-20;/h12H,4-11H2,1-3H3,(H,17,22)(H2,16,18,19);1H. The van der Waals surface area contributed by atoms with E-state index in [-0.39, 0.29) is 48.3 Å². The van der Waals surface area contributed by atoms with E-state index in [1.807, 2.05) is 25.7 Å². The van der Waals surface area contributed by atoms with E-state index in [9.17, 15) is 9.59 Å². The van der Waals surface area contributed by atoms with Crippen LogP contribution in [-0.2, 0) is 9.59 Å². The zero-order valence-electron chi connectivity index (χ0n) is 14.4. The fourth-order valence-electron chi connectivity index (χ4n) is 2.13. The predicted octanol–water partition coefficient (Wildman–Crippen LogP) is 0.554. The van der Waals surface area contributed by atoms with E-state index in [1.165, 1.54) is 0 Å². The Hall–Kier alpha value is -1.06. The average Bonchev–Trinajstić information content (AvgIpc) is 3.02. The Bertz CT molecular complexity index is 395. The van der Waals surface area contributed by atoms with Gasteiger partial charge in [-0.25, -0.2) is 4.99 Å². The summed E-state index contributed by atoms with van der Waals surface area (Å²) in [5, 5.41) is 9.04. The lowest BCUT2D eigenvalue weighted by Gasteiger charge is -2.15. The zero-order valence-corrected chi connectivity index (χ0v) is 16.7. The molecule has 7 nitrogen and oxygen atoms in total. The van der Waals surface area contributed by atoms with Gasteiger partial charge >= 0.3 is 0 Å². The molecule has 0 unspecified atom stereocenters. The number of hydrogen-bond donors (Lipinski definition) is 3. The highest BCUT2D eigenvalue weighted by Crippen LogP contribution is 2.07. The topological polar surface area (TPSA) is 85.8 Å². The van der Waals surface area contributed by atoms with Gasteiger partial charge in [0.2, 0.25) is 11.8 Å². The smallest absolute Gasteiger partial charge is 0.244 e. The summed E-state index contributed by atoms with van der Waals surface area (Å²) in [5.41, 5.74) is 0. The summed E-state index contributed by atoms with van der Waals surface area (Å²) in [6.07, 6.45) is 2.17. The molecule has 1 aliphatic heterocycles. The van der Waals surface area contributed by atoms with Crippen LogP contribution < -0.4 is 16.0 Å². The molecule has 0 bridgehead atoms. The molecule has 0 radical (unpaired) electrons. The molecular formula is C15H30IN5O2. The second-order valence-corrected chi connectivity index (χ2v) is 5.66. The Kier molecular flexibility index (Phi) is 11.8. The summed E-state index contributed by atoms with van der Waals surface area (Å²) in [6, 6.07) is 0. The van der Waals surface area contributed by atoms with Gasteiger partial charge in [-0.2, -0.15) is 0 Å². The third-order valence-electron chi connectivity index (χ3n) is 3.42. The Morgan fingerprint density at radius 3 is 2.26 bits per heavy atom. The molecule has 2 amide bonds. The third kappa shape index (κ3) is 8.97. The highest BCUT2D eigenvalue weighted by Gasteiger charge is 2.17. The lowest BCUT2D eigenvalue weighted by atomic mass is 10.2. The van der Waals surface area contributed by atoms with Gasteiger partial charge in [-0.3, -0.25) is 9.59 Å². The molecule has 1 aliphatic rings. The van der Waals surface area contributed by atoms with Gasteiger partial charge < -0.3 is 20.9 Å². The minimum absolute atomic E-state index is 0. The van der Waals surface area contributed by atoms with Gasteiger partial charge in [0.1, 0.15) is 6.54 Å². The van der Waals surface area contributed by atoms with E-state index < -0.39 is 0 Å². The van der Waals surface area contributed by atoms with Crippen LogP contribution in [0.3, 0.4) is 0 Å². The van der Waals surface area contributed by atoms with Crippen molar-refractivity contribution in [2.75, 3.05) is 39.3 Å². The monoisotopic (exact) mass is 439 g/mol. The molecule has 23 heavy (non-hydrogen) atoms. The highest BCUT2D eigenvalue weighted by atomic mass is 127. The van der Waals surface area contributed by atoms with Gasteiger partial charge in [-0.15, -0.1) is 24.0 Å². The SMILES string of the molecule is CCNC(=NCC(=O)N1CCCC1)NCCNC(=O)C(C)C.I. The quantitative estimate of drug-likeness (QED) is 0.234. The van der Waals surface area contributed by atoms with Crippen molar-refractivity contribution in [3.8, 4) is 0 Å². The number of carbonyl (C=O) groups is 2. The van der Waals surface area contributed by atoms with E-state index in [1.54, 1.807) is 0 Å². The first kappa shape index (κ1) is 21.9. The van der Waals surface area contributed by atoms with Crippen molar-refractivity contribution in [2.45, 2.75) is 33.6 Å². The lowest BCUT2D eigenvalue weighted by Crippen LogP contribution is -2.42. The Morgan fingerprint density at radius 1 is 1.09 bits per heavy atom. The molecule has 3 N–H and O–H groups in total. The predicted molar refractivity (Wildman–Crippen MR) is 103 cm³/mol. The Labute approximate surface area is 156 Å². The summed E-state index contributed by atoms with van der Waals surface area (Å²) < 4.78 is 0. The molecule has 0 saturated carbocycles. The molecule has 0 aromatic rings. The van der Waals surface area contributed by atoms with Crippen LogP contribution in [-0.4, -0.2) is 61.9 Å². The van der Waals surface area contributed by atoms with E-state index in [0.29, 0.717) is 19.0 Å². The molecule has 8 heteroatoms. The second-order valence-electron chi connectivity index (χ2n) is 5.66. The first-order valence-corrected chi connectivity index (χ1v) is 8.12. The first-order valence-electron chi connectivity index (χ1n) is 8.12. The number of likely N-dealkylation sites (tertiary alicyclic amines) is 1. The second kappa shape index (κ2) is 12.4. The van der Waals surface area contributed by atoms with Crippen molar-refractivity contribution >= 4 is 41.8 Å². The van der Waals surface area contributed by atoms with Crippen molar-refractivity contribution in [3.63, 3.8) is 0 Å². The Balaban J connectivity index is 0.00000484. The number of hydrogen-bond acceptors (Lipinski definition) is 3. The van der Waals surface area contributed by atoms with Gasteiger partial charge in [0.05, 0.1) is 0 Å². The van der Waals surface area contributed by atoms with Crippen LogP contribution in [0.4, 0.5) is 0 Å². The minimum atomic E-state index is -0.0139. The number of guanidine groups is 1. The molecule has 0 spiro atoms. The Morgan fingerprint density at radius 2 is 1.70 bits per heavy atom. The highest BCUT2D eigenvalue weighted by molar-refractivity contribution is 14.0. The van der Waals surface area contributed by atoms with E-state index in [2.05, 4.69) is 20.9 Å². The van der Waals surface area contributed by atoms with Gasteiger partial charge in [0.25, 0.3) is 0 Å². The number of amides is 2. The minimum Gasteiger partial charge on any atom is -0.357 e. The number of nitrogens with zero attached hydrogens (tertiary/aromatic N) is 2. The summed E-state index contributed by atoms with van der Waals surface area (Å²) in [7, 11) is 0. The van der Waals surface area contributed by atoms with E-state index >= 15 is 0 Å². The third-order valence-corrected chi connectivity index (χ3v) is 3.42. The maximum atomic E-state index is 12.0. The molecule has 1 saturated heterocycles. The summed E-state index contributed by atoms with van der Waals surface area (Å²) in [4.78, 5) is 29.6. The summed E-state index contributed by atoms with van der Waals surface area (Å²) >= 11 is 0. The van der Waals surface area contributed by atoms with Gasteiger partial charge in [0.15, 0.2) is 5.96 Å². The summed E-state index contributed by atoms with van der Waals surface area (Å²) in [6.45, 7) is 9.37. The lowest BCUT2D eigenvalue weighted by molar-refractivity contribution is -0.128. The zero-order chi connectivity index (χ0) is 16.4. The fraction of sp³-hybridized carbons (Fsp3) is 0.800. The molecule has 0 atom stereocenters. The van der Waals surface area contributed by atoms with Gasteiger partial charge in [-0.05, 0) is 19.8 Å². The average molecular weight is 439 g/mol. The van der Waals surface area contributed by atoms with E-state index in [0.717, 1.165) is 32.5 Å². The number of aliphatic imine (C=N–C) groups is 1. The molecule has 134 valence electrons. The maximum absolute atomic E-state index is 12.0. The van der Waals surface area contributed by atoms with Crippen molar-refractivity contribution in [3.05, 3.63) is 0 Å². The van der Waals surface area contributed by atoms with Crippen molar-refractivity contribution in [1.82, 2.24) is 20.9 Å². The summed E-state index contributed by atoms with van der Waals surface area (Å²) in [5.74, 6) is 0.699. The number of rotatable bonds is 7. The number of nitrogens with one attached hydrogen (secondary N) is 3. The van der Waals surface area contributed by atoms with Crippen LogP contribution in [0.15, 0.2) is 4.99 Å². The van der Waals surface area contributed by atoms with Crippen molar-refractivity contribution < 1.29 is 9.59 Å². The van der Waals surface area contributed by atoms with Crippen LogP contribution in [0, 0.1) is 5.92 Å². The maximum Gasteiger partial charge on any atom is 0.244 e. The molecule has 0 aromatic carbocycles. The largest absolute Gasteiger partial charge is 0.357 e. The molecule has 1 heterocycles. The van der Waals surface area contributed by atoms with Crippen LogP contribution in [0.1, 0.15) is 33.6 Å². The number of carbonyl (C=O) groups excluding carboxylic acids is 2.